The number of rotatable bonds is 26. The minimum atomic E-state index is -5.19. The Morgan fingerprint density at radius 3 is 0.688 bits per heavy atom. The molecular formula is C22H42Fe2N4Na2O30S4. The van der Waals surface area contributed by atoms with E-state index in [-0.39, 0.29) is 121 Å². The Bertz CT molecular complexity index is 1400. The van der Waals surface area contributed by atoms with Gasteiger partial charge in [0.2, 0.25) is 0 Å². The summed E-state index contributed by atoms with van der Waals surface area (Å²) in [5.74, 6) is -12.3. The molecular weight excluding hydrogens is 1090 g/mol. The summed E-state index contributed by atoms with van der Waals surface area (Å²) in [6.45, 7) is -5.42. The molecule has 34 nitrogen and oxygen atoms in total. The van der Waals surface area contributed by atoms with Gasteiger partial charge in [-0.05, 0) is 0 Å². The zero-order chi connectivity index (χ0) is 49.0. The molecule has 14 N–H and O–H groups in total. The van der Waals surface area contributed by atoms with Crippen LogP contribution in [0.15, 0.2) is 0 Å². The molecule has 2 unspecified atom stereocenters. The van der Waals surface area contributed by atoms with Crippen molar-refractivity contribution in [1.29, 1.82) is 0 Å². The molecule has 0 bridgehead atoms. The number of nitrogens with zero attached hydrogens (tertiary/aromatic N) is 4. The Hall–Kier alpha value is -1.74. The van der Waals surface area contributed by atoms with E-state index in [0.717, 1.165) is 0 Å². The fourth-order valence-electron chi connectivity index (χ4n) is 3.49. The largest absolute Gasteiger partial charge is 1.00 e. The second kappa shape index (κ2) is 50.7. The van der Waals surface area contributed by atoms with Gasteiger partial charge in [-0.15, -0.1) is 0 Å². The van der Waals surface area contributed by atoms with Gasteiger partial charge in [-0.25, -0.2) is 8.37 Å². The number of carbonyl (C=O) groups excluding carboxylic acids is 2. The van der Waals surface area contributed by atoms with Crippen LogP contribution in [0, 0.1) is 0 Å². The Balaban J connectivity index is -0.0000000683. The van der Waals surface area contributed by atoms with Gasteiger partial charge in [0.15, 0.2) is 24.6 Å². The number of carbonyl (C=O) groups is 10. The molecule has 0 aliphatic carbocycles. The molecule has 42 heteroatoms. The van der Waals surface area contributed by atoms with Crippen LogP contribution in [0.4, 0.5) is 0 Å². The standard InChI is InChI=1S/2C10H16N2O12S.2CH2O.2Fe.2Na.2H2O2S.2H/c2*13-7(14)2-11(3-8(15)16)1-6(24-25(21,22)23)12(4-9(17)18)5-10(19)20;2*1-2;;;;;2*1-3-2;;/h2*6H,1-5H2,(H,13,14)(H,15,16)(H,17,18)(H,19,20)(H,21,22,23);2*1H2;;;;;2*1-2H;;/q;;;;;;2*+1;;;2*-1. The first-order chi connectivity index (χ1) is 27.4. The predicted octanol–water partition coefficient (Wildman–Crippen LogP) is -10.7. The van der Waals surface area contributed by atoms with Crippen molar-refractivity contribution in [2.75, 3.05) is 65.4 Å². The van der Waals surface area contributed by atoms with Gasteiger partial charge >= 0.3 is 128 Å². The second-order valence-corrected chi connectivity index (χ2v) is 11.8. The van der Waals surface area contributed by atoms with E-state index in [0.29, 0.717) is 19.6 Å². The maximum absolute atomic E-state index is 10.9. The van der Waals surface area contributed by atoms with Crippen LogP contribution in [-0.4, -0.2) is 244 Å². The normalized spacial score (nSPS) is 10.8. The van der Waals surface area contributed by atoms with Crippen molar-refractivity contribution in [3.8, 4) is 0 Å². The van der Waals surface area contributed by atoms with Crippen LogP contribution < -0.4 is 59.1 Å². The van der Waals surface area contributed by atoms with Crippen molar-refractivity contribution in [3.63, 3.8) is 0 Å². The van der Waals surface area contributed by atoms with E-state index in [1.54, 1.807) is 0 Å². The van der Waals surface area contributed by atoms with Gasteiger partial charge in [-0.2, -0.15) is 16.8 Å². The quantitative estimate of drug-likeness (QED) is 0.0165. The maximum atomic E-state index is 10.9. The van der Waals surface area contributed by atoms with Crippen molar-refractivity contribution in [2.24, 2.45) is 0 Å². The molecule has 0 aromatic rings. The third kappa shape index (κ3) is 66.9. The molecule has 0 saturated heterocycles. The van der Waals surface area contributed by atoms with Crippen molar-refractivity contribution in [2.45, 2.75) is 12.5 Å². The minimum Gasteiger partial charge on any atom is -1.00 e. The topological polar surface area (TPSA) is 554 Å². The molecule has 0 rings (SSSR count). The van der Waals surface area contributed by atoms with Gasteiger partial charge in [-0.1, -0.05) is 0 Å². The van der Waals surface area contributed by atoms with Gasteiger partial charge < -0.3 is 71.5 Å². The Morgan fingerprint density at radius 1 is 0.438 bits per heavy atom. The van der Waals surface area contributed by atoms with Gasteiger partial charge in [0.1, 0.15) is 26.0 Å². The van der Waals surface area contributed by atoms with E-state index in [2.05, 4.69) is 8.37 Å². The van der Waals surface area contributed by atoms with Crippen molar-refractivity contribution in [3.05, 3.63) is 0 Å². The van der Waals surface area contributed by atoms with Crippen molar-refractivity contribution >= 4 is 107 Å². The van der Waals surface area contributed by atoms with Gasteiger partial charge in [0.05, 0.1) is 52.4 Å². The maximum Gasteiger partial charge on any atom is 1.00 e. The summed E-state index contributed by atoms with van der Waals surface area (Å²) in [5, 5.41) is 70.0. The summed E-state index contributed by atoms with van der Waals surface area (Å²) < 4.78 is 97.7. The SMILES string of the molecule is C=O.C=O.O=C(O)CN(CC(=O)O)CC(OS(=O)(=O)O)N(CC(=O)O)CC(=O)O.O=C(O)CN(CC(=O)O)CC(OS(=O)(=O)O)N(CC(=O)O)CC(=O)O.OSO.OSO.[Fe].[Fe].[H-].[H-].[Na+].[Na+]. The fourth-order valence-corrected chi connectivity index (χ4v) is 4.41. The van der Waals surface area contributed by atoms with Crippen LogP contribution in [0.2, 0.25) is 0 Å². The molecule has 0 heterocycles. The van der Waals surface area contributed by atoms with Crippen LogP contribution in [0.25, 0.3) is 0 Å². The number of hydrogen-bond acceptors (Lipinski definition) is 26. The summed E-state index contributed by atoms with van der Waals surface area (Å²) in [7, 11) is -10.4. The van der Waals surface area contributed by atoms with Gasteiger partial charge in [0, 0.05) is 47.2 Å². The molecule has 0 aliphatic heterocycles. The molecule has 0 saturated carbocycles. The average Bonchev–Trinajstić information content (AvgIpc) is 3.03. The first-order valence-electron chi connectivity index (χ1n) is 13.9. The minimum absolute atomic E-state index is 0. The average molecular weight is 1130 g/mol. The number of carboxylic acids is 8. The van der Waals surface area contributed by atoms with Crippen LogP contribution in [-0.2, 0) is 111 Å². The van der Waals surface area contributed by atoms with E-state index >= 15 is 0 Å². The van der Waals surface area contributed by atoms with E-state index in [4.69, 9.17) is 77.8 Å². The first kappa shape index (κ1) is 85.5. The van der Waals surface area contributed by atoms with Gasteiger partial charge in [-0.3, -0.25) is 67.1 Å². The molecule has 0 fully saturated rings. The molecule has 0 aliphatic rings. The Kier molecular flexibility index (Phi) is 67.7. The predicted molar refractivity (Wildman–Crippen MR) is 192 cm³/mol. The fraction of sp³-hybridized carbons (Fsp3) is 0.545. The van der Waals surface area contributed by atoms with E-state index in [1.807, 2.05) is 13.6 Å². The number of aliphatic carboxylic acids is 8. The van der Waals surface area contributed by atoms with Crippen molar-refractivity contribution < 1.29 is 237 Å². The van der Waals surface area contributed by atoms with Crippen LogP contribution >= 0.6 is 24.6 Å². The van der Waals surface area contributed by atoms with Crippen LogP contribution in [0.5, 0.6) is 0 Å². The molecule has 0 aromatic carbocycles. The molecule has 0 amide bonds. The van der Waals surface area contributed by atoms with Crippen LogP contribution in [0.3, 0.4) is 0 Å². The summed E-state index contributed by atoms with van der Waals surface area (Å²) >= 11 is -0.500. The Morgan fingerprint density at radius 2 is 0.578 bits per heavy atom. The summed E-state index contributed by atoms with van der Waals surface area (Å²) in [6, 6.07) is 0. The third-order valence-corrected chi connectivity index (χ3v) is 5.83. The van der Waals surface area contributed by atoms with Crippen LogP contribution in [0.1, 0.15) is 2.85 Å². The number of hydrogen-bond donors (Lipinski definition) is 14. The number of carboxylic acid groups (broad SMARTS) is 8. The zero-order valence-electron chi connectivity index (χ0n) is 34.6. The summed E-state index contributed by atoms with van der Waals surface area (Å²) in [4.78, 5) is 104. The first-order valence-corrected chi connectivity index (χ1v) is 18.1. The Labute approximate surface area is 438 Å². The third-order valence-electron chi connectivity index (χ3n) is 4.90. The molecule has 2 atom stereocenters. The summed E-state index contributed by atoms with van der Waals surface area (Å²) in [6.07, 6.45) is -3.94. The van der Waals surface area contributed by atoms with E-state index < -0.39 is 146 Å². The molecule has 64 heavy (non-hydrogen) atoms. The second-order valence-electron chi connectivity index (χ2n) is 9.42. The molecule has 372 valence electrons. The molecule has 0 radical (unpaired) electrons. The zero-order valence-corrected chi connectivity index (χ0v) is 42.0. The van der Waals surface area contributed by atoms with E-state index in [1.165, 1.54) is 0 Å². The summed E-state index contributed by atoms with van der Waals surface area (Å²) in [5.41, 5.74) is 0. The molecule has 0 aromatic heterocycles. The van der Waals surface area contributed by atoms with E-state index in [9.17, 15) is 55.2 Å². The molecule has 0 spiro atoms. The van der Waals surface area contributed by atoms with Gasteiger partial charge in [0.25, 0.3) is 0 Å². The monoisotopic (exact) mass is 1130 g/mol. The smallest absolute Gasteiger partial charge is 1.00 e. The van der Waals surface area contributed by atoms with Crippen molar-refractivity contribution in [1.82, 2.24) is 19.6 Å².